The predicted octanol–water partition coefficient (Wildman–Crippen LogP) is 13.4. The van der Waals surface area contributed by atoms with Crippen molar-refractivity contribution < 1.29 is 172 Å². The lowest BCUT2D eigenvalue weighted by Gasteiger charge is -2.22. The maximum atomic E-state index is 12.3. The number of nitro groups is 5. The monoisotopic (exact) mass is 1880 g/mol. The molecule has 1 aliphatic rings. The number of hydrogen-bond donors (Lipinski definition) is 10. The van der Waals surface area contributed by atoms with E-state index in [1.165, 1.54) is 30.3 Å². The molecule has 5 aromatic carbocycles. The van der Waals surface area contributed by atoms with Crippen molar-refractivity contribution in [3.05, 3.63) is 163 Å². The molecule has 0 aliphatic heterocycles. The van der Waals surface area contributed by atoms with Crippen LogP contribution in [0.1, 0.15) is 134 Å². The highest BCUT2D eigenvalue weighted by atomic mass is 35.5. The van der Waals surface area contributed by atoms with Crippen LogP contribution in [-0.4, -0.2) is 215 Å². The fourth-order valence-corrected chi connectivity index (χ4v) is 9.39. The maximum absolute atomic E-state index is 12.3. The lowest BCUT2D eigenvalue weighted by atomic mass is 10.1. The van der Waals surface area contributed by atoms with Crippen molar-refractivity contribution in [1.82, 2.24) is 26.6 Å². The number of hydrogen-bond acceptors (Lipinski definition) is 32. The summed E-state index contributed by atoms with van der Waals surface area (Å²) < 4.78 is 108. The molecule has 1 saturated carbocycles. The Morgan fingerprint density at radius 1 is 0.408 bits per heavy atom. The van der Waals surface area contributed by atoms with Gasteiger partial charge in [0.05, 0.1) is 37.3 Å². The second-order valence-electron chi connectivity index (χ2n) is 31.3. The molecule has 1 aliphatic carbocycles. The zero-order valence-corrected chi connectivity index (χ0v) is 72.8. The van der Waals surface area contributed by atoms with Gasteiger partial charge in [-0.2, -0.15) is 17.6 Å². The maximum Gasteiger partial charge on any atom is 0.408 e. The first kappa shape index (κ1) is 111. The van der Waals surface area contributed by atoms with Crippen molar-refractivity contribution in [3.8, 4) is 40.2 Å². The van der Waals surface area contributed by atoms with E-state index in [9.17, 15) is 126 Å². The number of nitro benzene ring substituents is 5. The number of alkyl halides is 4. The molecule has 130 heavy (non-hydrogen) atoms. The number of nitrogens with zero attached hydrogens (tertiary/aromatic N) is 6. The SMILES string of the molecule is CC(C)(C)OC(=O)N[C@@H](COc1cc(C2CC2)ccc1[N+](=O)[O-])C(=O)O.CC(C)(C)OC(=O)N[C@@H](COc1cc(OC(F)F)ccc1[N+](=O)[O-])C(=O)O.CC(C)(C)OC(=O)N[C@@H](COc1ccc(OC(F)F)cc1[N+](=O)[O-])C(=O)O.CC(C)(C)OC(=O)N[C@@H](COc1cccc(Cl)c1[N+](=O)[O-])C(=O)O.[C-]#[N+]c1cc([N+](=O)[O-])c(OC[C@H](NC(=O)OC(C)(C)C)C(=O)O)cc1C. The van der Waals surface area contributed by atoms with E-state index in [1.54, 1.807) is 123 Å². The van der Waals surface area contributed by atoms with E-state index in [0.717, 1.165) is 54.8 Å². The number of carbonyl (C=O) groups is 10. The van der Waals surface area contributed by atoms with Gasteiger partial charge in [0.25, 0.3) is 0 Å². The summed E-state index contributed by atoms with van der Waals surface area (Å²) in [6.07, 6.45) is -2.85. The highest BCUT2D eigenvalue weighted by molar-refractivity contribution is 6.33. The molecular weight excluding hydrogens is 1780 g/mol. The number of halogens is 5. The standard InChI is InChI=1S/C17H22N2O7.C16H19N3O7.2C15H18F2N2O8.C14H17ClN2O7/c1-17(2,3)26-16(22)18-12(15(20)21)9-25-14-8-11(10-4-5-10)6-7-13(14)19(23)24;1-9-6-13(12(19(23)24)7-10(9)17-5)25-8-11(14(20)21)18-15(22)26-16(2,3)4;1-15(2,3)27-14(22)18-9(12(20)21)7-25-11-5-4-8(26-13(16)17)6-10(11)19(23)24;1-15(2,3)27-14(22)18-9(12(20)21)7-25-11-6-8(26-13(16)17)4-5-10(11)19(23)24;1-14(2,3)24-13(20)16-9(12(18)19)7-23-10-6-4-5-8(15)11(10)17(21)22/h6-8,10,12H,4-5,9H2,1-3H3,(H,18,22)(H,20,21);6-7,11H,8H2,1-4H3,(H,18,22)(H,20,21);2*4-6,9,13H,7H2,1-3H3,(H,18,22)(H,20,21);4-6,9H,7H2,1-3H3,(H,16,20)(H,18,19)/t12-;11-;3*9-/m00000/s1. The molecule has 5 atom stereocenters. The number of para-hydroxylation sites is 1. The van der Waals surface area contributed by atoms with E-state index in [0.29, 0.717) is 17.5 Å². The molecule has 48 nitrogen and oxygen atoms in total. The van der Waals surface area contributed by atoms with Crippen molar-refractivity contribution in [2.45, 2.75) is 201 Å². The fourth-order valence-electron chi connectivity index (χ4n) is 9.16. The van der Waals surface area contributed by atoms with Gasteiger partial charge in [0.1, 0.15) is 77.6 Å². The van der Waals surface area contributed by atoms with Gasteiger partial charge < -0.3 is 109 Å². The van der Waals surface area contributed by atoms with Gasteiger partial charge >= 0.3 is 102 Å². The predicted molar refractivity (Wildman–Crippen MR) is 438 cm³/mol. The average Bonchev–Trinajstić information content (AvgIpc) is 1.59. The Balaban J connectivity index is 0.000000550. The van der Waals surface area contributed by atoms with E-state index < -0.39 is 229 Å². The number of benzene rings is 5. The second-order valence-corrected chi connectivity index (χ2v) is 31.8. The minimum Gasteiger partial charge on any atom is -0.484 e. The Kier molecular flexibility index (Phi) is 42.4. The molecule has 5 amide bonds. The summed E-state index contributed by atoms with van der Waals surface area (Å²) in [6.45, 7) is 23.3. The Morgan fingerprint density at radius 2 is 0.700 bits per heavy atom. The number of nitrogens with one attached hydrogen (secondary N) is 5. The van der Waals surface area contributed by atoms with Crippen molar-refractivity contribution in [2.75, 3.05) is 33.0 Å². The summed E-state index contributed by atoms with van der Waals surface area (Å²) in [5, 5.41) is 112. The molecule has 6 rings (SSSR count). The van der Waals surface area contributed by atoms with Crippen molar-refractivity contribution >= 4 is 106 Å². The first-order valence-electron chi connectivity index (χ1n) is 37.4. The van der Waals surface area contributed by atoms with E-state index in [4.69, 9.17) is 80.9 Å². The van der Waals surface area contributed by atoms with Gasteiger partial charge in [-0.1, -0.05) is 23.7 Å². The van der Waals surface area contributed by atoms with Crippen molar-refractivity contribution in [2.24, 2.45) is 0 Å². The van der Waals surface area contributed by atoms with Gasteiger partial charge in [0, 0.05) is 24.3 Å². The number of rotatable bonds is 35. The Morgan fingerprint density at radius 3 is 1.00 bits per heavy atom. The number of aliphatic carboxylic acids is 5. The zero-order valence-electron chi connectivity index (χ0n) is 72.0. The van der Waals surface area contributed by atoms with Crippen LogP contribution in [-0.2, 0) is 47.7 Å². The number of alkyl carbamates (subject to hydrolysis) is 5. The summed E-state index contributed by atoms with van der Waals surface area (Å²) in [6, 6.07) is 8.66. The summed E-state index contributed by atoms with van der Waals surface area (Å²) in [5.74, 6) is -8.93. The minimum atomic E-state index is -3.18. The van der Waals surface area contributed by atoms with Gasteiger partial charge in [0.15, 0.2) is 58.9 Å². The molecule has 0 unspecified atom stereocenters. The van der Waals surface area contributed by atoms with E-state index in [1.807, 2.05) is 5.32 Å². The third-order valence-corrected chi connectivity index (χ3v) is 14.9. The number of carbonyl (C=O) groups excluding carboxylic acids is 5. The van der Waals surface area contributed by atoms with Crippen LogP contribution in [0.25, 0.3) is 4.85 Å². The molecule has 1 fully saturated rings. The number of carboxylic acids is 5. The summed E-state index contributed by atoms with van der Waals surface area (Å²) >= 11 is 5.73. The van der Waals surface area contributed by atoms with Gasteiger partial charge in [-0.15, -0.1) is 0 Å². The second kappa shape index (κ2) is 49.7. The number of carboxylic acid groups (broad SMARTS) is 5. The van der Waals surface area contributed by atoms with Crippen LogP contribution >= 0.6 is 11.6 Å². The van der Waals surface area contributed by atoms with Crippen LogP contribution in [0.15, 0.2) is 84.9 Å². The van der Waals surface area contributed by atoms with Crippen LogP contribution in [0.5, 0.6) is 40.2 Å². The van der Waals surface area contributed by atoms with E-state index >= 15 is 0 Å². The van der Waals surface area contributed by atoms with Crippen LogP contribution < -0.4 is 59.7 Å². The number of aryl methyl sites for hydroxylation is 1. The highest BCUT2D eigenvalue weighted by Gasteiger charge is 2.35. The van der Waals surface area contributed by atoms with Gasteiger partial charge in [-0.25, -0.2) is 52.8 Å². The molecule has 10 N–H and O–H groups in total. The van der Waals surface area contributed by atoms with Crippen LogP contribution in [0.4, 0.5) is 75.7 Å². The topological polar surface area (TPSA) is 663 Å². The quantitative estimate of drug-likeness (QED) is 0.00592. The summed E-state index contributed by atoms with van der Waals surface area (Å²) in [7, 11) is 0. The molecule has 5 aromatic rings. The molecule has 0 bridgehead atoms. The van der Waals surface area contributed by atoms with Crippen LogP contribution in [0.3, 0.4) is 0 Å². The van der Waals surface area contributed by atoms with E-state index in [2.05, 4.69) is 35.6 Å². The molecule has 0 heterocycles. The fraction of sp³-hybridized carbons (Fsp3) is 0.468. The van der Waals surface area contributed by atoms with Gasteiger partial charge in [-0.05, 0) is 183 Å². The number of ether oxygens (including phenoxy) is 12. The molecule has 0 saturated heterocycles. The first-order valence-corrected chi connectivity index (χ1v) is 37.8. The lowest BCUT2D eigenvalue weighted by Crippen LogP contribution is -2.46. The normalized spacial score (nSPS) is 12.7. The largest absolute Gasteiger partial charge is 0.484 e. The molecule has 0 aromatic heterocycles. The highest BCUT2D eigenvalue weighted by Crippen LogP contribution is 2.44. The number of amides is 5. The van der Waals surface area contributed by atoms with E-state index in [-0.39, 0.29) is 39.4 Å². The first-order chi connectivity index (χ1) is 59.8. The Hall–Kier alpha value is -15.1. The van der Waals surface area contributed by atoms with Crippen LogP contribution in [0.2, 0.25) is 5.02 Å². The third kappa shape index (κ3) is 43.2. The Bertz CT molecular complexity index is 4930. The van der Waals surface area contributed by atoms with Crippen LogP contribution in [0, 0.1) is 64.1 Å². The average molecular weight is 1880 g/mol. The van der Waals surface area contributed by atoms with Crippen molar-refractivity contribution in [1.29, 1.82) is 0 Å². The zero-order chi connectivity index (χ0) is 99.6. The van der Waals surface area contributed by atoms with Gasteiger partial charge in [0.2, 0.25) is 5.75 Å². The minimum absolute atomic E-state index is 0.0170. The van der Waals surface area contributed by atoms with Crippen molar-refractivity contribution in [3.63, 3.8) is 0 Å². The smallest absolute Gasteiger partial charge is 0.408 e. The summed E-state index contributed by atoms with van der Waals surface area (Å²) in [5.41, 5.74) is -5.24. The summed E-state index contributed by atoms with van der Waals surface area (Å²) in [4.78, 5) is 169. The molecule has 714 valence electrons. The molecule has 0 radical (unpaired) electrons. The third-order valence-electron chi connectivity index (χ3n) is 14.6. The molecule has 53 heteroatoms. The molecule has 0 spiro atoms. The molecular formula is C77H94ClF4N11O37. The van der Waals surface area contributed by atoms with Gasteiger partial charge in [-0.3, -0.25) is 50.6 Å². The lowest BCUT2D eigenvalue weighted by molar-refractivity contribution is -0.386. The Labute approximate surface area is 739 Å².